The van der Waals surface area contributed by atoms with Crippen molar-refractivity contribution < 1.29 is 80.5 Å². The third kappa shape index (κ3) is 15.9. The Morgan fingerprint density at radius 1 is 1.05 bits per heavy atom. The molecule has 1 aliphatic heterocycles. The Labute approximate surface area is 337 Å². The molecule has 330 valence electrons. The number of aliphatic hydroxyl groups excluding tert-OH is 2. The van der Waals surface area contributed by atoms with Crippen LogP contribution in [0.4, 0.5) is 5.82 Å². The number of nitrogens with two attached hydrogens (primary N) is 1. The van der Waals surface area contributed by atoms with Crippen molar-refractivity contribution in [3.63, 3.8) is 0 Å². The molecule has 0 aliphatic carbocycles. The number of carbonyl (C=O) groups is 3. The Kier molecular flexibility index (Phi) is 18.8. The first-order chi connectivity index (χ1) is 26.9. The van der Waals surface area contributed by atoms with Crippen LogP contribution in [0, 0.1) is 11.3 Å². The number of imidazole rings is 1. The number of aliphatic hydroxyl groups is 2. The molecule has 8 unspecified atom stereocenters. The molecule has 3 heterocycles. The first-order valence-corrected chi connectivity index (χ1v) is 23.5. The number of unbranched alkanes of at least 4 members (excludes halogenated alkanes) is 2. The van der Waals surface area contributed by atoms with Gasteiger partial charge in [-0.05, 0) is 5.92 Å². The largest absolute Gasteiger partial charge is 0.481 e. The molecule has 2 aromatic heterocycles. The van der Waals surface area contributed by atoms with Crippen LogP contribution in [0.15, 0.2) is 12.7 Å². The Morgan fingerprint density at radius 3 is 2.41 bits per heavy atom. The lowest BCUT2D eigenvalue weighted by Gasteiger charge is -2.30. The van der Waals surface area contributed by atoms with Crippen molar-refractivity contribution in [2.45, 2.75) is 96.9 Å². The van der Waals surface area contributed by atoms with Gasteiger partial charge in [-0.1, -0.05) is 65.1 Å². The van der Waals surface area contributed by atoms with Gasteiger partial charge in [-0.25, -0.2) is 28.6 Å². The second-order valence-corrected chi connectivity index (χ2v) is 19.5. The van der Waals surface area contributed by atoms with E-state index in [1.165, 1.54) is 13.8 Å². The van der Waals surface area contributed by atoms with Crippen LogP contribution in [0.1, 0.15) is 72.4 Å². The van der Waals surface area contributed by atoms with Crippen molar-refractivity contribution >= 4 is 69.1 Å². The lowest BCUT2D eigenvalue weighted by Crippen LogP contribution is -2.46. The zero-order chi connectivity index (χ0) is 43.5. The van der Waals surface area contributed by atoms with E-state index < -0.39 is 84.6 Å². The van der Waals surface area contributed by atoms with Crippen molar-refractivity contribution in [2.75, 3.05) is 37.8 Å². The second-order valence-electron chi connectivity index (χ2n) is 14.1. The van der Waals surface area contributed by atoms with Gasteiger partial charge in [-0.3, -0.25) is 32.5 Å². The Bertz CT molecular complexity index is 1850. The topological polar surface area (TPSA) is 364 Å². The van der Waals surface area contributed by atoms with Crippen molar-refractivity contribution in [2.24, 2.45) is 11.3 Å². The third-order valence-corrected chi connectivity index (χ3v) is 12.6. The van der Waals surface area contributed by atoms with Crippen LogP contribution in [0.25, 0.3) is 11.2 Å². The molecule has 0 radical (unpaired) electrons. The minimum absolute atomic E-state index is 0.0323. The van der Waals surface area contributed by atoms with E-state index in [4.69, 9.17) is 19.5 Å². The number of phosphoric ester groups is 3. The Morgan fingerprint density at radius 2 is 1.74 bits per heavy atom. The highest BCUT2D eigenvalue weighted by Crippen LogP contribution is 2.61. The molecule has 0 spiro atoms. The number of anilines is 1. The zero-order valence-corrected chi connectivity index (χ0v) is 35.7. The van der Waals surface area contributed by atoms with Crippen LogP contribution in [0.2, 0.25) is 0 Å². The number of aromatic nitrogens is 4. The molecule has 2 amide bonds. The number of nitrogens with one attached hydrogen (secondary N) is 2. The van der Waals surface area contributed by atoms with E-state index >= 15 is 0 Å². The fourth-order valence-electron chi connectivity index (χ4n) is 5.48. The predicted molar refractivity (Wildman–Crippen MR) is 205 cm³/mol. The van der Waals surface area contributed by atoms with Crippen LogP contribution in [0.5, 0.6) is 0 Å². The molecule has 24 nitrogen and oxygen atoms in total. The fourth-order valence-corrected chi connectivity index (χ4v) is 9.15. The minimum atomic E-state index is -5.57. The maximum Gasteiger partial charge on any atom is 0.481 e. The SMILES string of the molecule is CCCCCC(C)CC(=O)SCCNC(=O)CCNC(=O)C(O)C(C)(C)COP(=O)(O)OP(=O)(O)OCC1OC(n2cnc3c(N)ncnc32)C(O)C1OP(=O)(O)O. The number of phosphoric acid groups is 3. The summed E-state index contributed by atoms with van der Waals surface area (Å²) < 4.78 is 62.2. The van der Waals surface area contributed by atoms with E-state index in [0.29, 0.717) is 18.1 Å². The fraction of sp³-hybridized carbons (Fsp3) is 0.733. The van der Waals surface area contributed by atoms with Crippen LogP contribution in [-0.2, 0) is 50.7 Å². The summed E-state index contributed by atoms with van der Waals surface area (Å²) in [6, 6.07) is 0. The number of hydrogen-bond donors (Lipinski definition) is 9. The molecule has 0 aromatic carbocycles. The van der Waals surface area contributed by atoms with Gasteiger partial charge in [0.2, 0.25) is 11.8 Å². The number of ether oxygens (including phenoxy) is 1. The van der Waals surface area contributed by atoms with Gasteiger partial charge in [0.05, 0.1) is 19.5 Å². The summed E-state index contributed by atoms with van der Waals surface area (Å²) in [6.45, 7) is 4.71. The van der Waals surface area contributed by atoms with Crippen LogP contribution in [-0.4, -0.2) is 123 Å². The Hall–Kier alpha value is -2.44. The molecule has 0 bridgehead atoms. The molecule has 1 fully saturated rings. The summed E-state index contributed by atoms with van der Waals surface area (Å²) in [5.74, 6) is -0.751. The van der Waals surface area contributed by atoms with Gasteiger partial charge in [0.1, 0.15) is 36.3 Å². The summed E-state index contributed by atoms with van der Waals surface area (Å²) in [7, 11) is -16.4. The number of thioether (sulfide) groups is 1. The normalized spacial score (nSPS) is 21.9. The average Bonchev–Trinajstić information content (AvgIpc) is 3.68. The molecule has 28 heteroatoms. The van der Waals surface area contributed by atoms with Gasteiger partial charge in [0.15, 0.2) is 22.8 Å². The molecule has 8 atom stereocenters. The molecule has 2 aromatic rings. The predicted octanol–water partition coefficient (Wildman–Crippen LogP) is 1.27. The van der Waals surface area contributed by atoms with E-state index in [1.54, 1.807) is 0 Å². The first-order valence-electron chi connectivity index (χ1n) is 18.0. The number of fused-ring (bicyclic) bond motifs is 1. The molecular formula is C30H52N7O17P3S. The van der Waals surface area contributed by atoms with Gasteiger partial charge < -0.3 is 50.9 Å². The van der Waals surface area contributed by atoms with E-state index in [9.17, 15) is 57.9 Å². The zero-order valence-electron chi connectivity index (χ0n) is 32.2. The van der Waals surface area contributed by atoms with Gasteiger partial charge in [-0.2, -0.15) is 4.31 Å². The van der Waals surface area contributed by atoms with Crippen molar-refractivity contribution in [1.82, 2.24) is 30.2 Å². The molecule has 1 aliphatic rings. The standard InChI is InChI=1S/C30H52N7O17P3S/c1-5-6-7-8-18(2)13-21(39)58-12-11-32-20(38)9-10-33-28(42)25(41)30(3,4)15-51-57(48,49)54-56(46,47)50-14-19-24(53-55(43,44)45)23(40)29(52-19)37-17-36-22-26(31)34-16-35-27(22)37/h16-19,23-25,29,40-41H,5-15H2,1-4H3,(H,32,38)(H,33,42)(H,46,47)(H,48,49)(H2,31,34,35)(H2,43,44,45). The molecule has 0 saturated carbocycles. The number of nitrogens with zero attached hydrogens (tertiary/aromatic N) is 4. The number of rotatable bonds is 25. The second kappa shape index (κ2) is 21.9. The van der Waals surface area contributed by atoms with Crippen LogP contribution < -0.4 is 16.4 Å². The lowest BCUT2D eigenvalue weighted by atomic mass is 9.87. The lowest BCUT2D eigenvalue weighted by molar-refractivity contribution is -0.137. The first kappa shape index (κ1) is 49.9. The molecule has 3 rings (SSSR count). The van der Waals surface area contributed by atoms with Gasteiger partial charge >= 0.3 is 23.5 Å². The summed E-state index contributed by atoms with van der Waals surface area (Å²) in [6.07, 6.45) is -2.12. The molecule has 58 heavy (non-hydrogen) atoms. The molecule has 10 N–H and O–H groups in total. The smallest absolute Gasteiger partial charge is 0.386 e. The minimum Gasteiger partial charge on any atom is -0.386 e. The summed E-state index contributed by atoms with van der Waals surface area (Å²) in [5.41, 5.74) is 4.27. The van der Waals surface area contributed by atoms with Gasteiger partial charge in [-0.15, -0.1) is 0 Å². The summed E-state index contributed by atoms with van der Waals surface area (Å²) in [5, 5.41) is 26.5. The highest BCUT2D eigenvalue weighted by molar-refractivity contribution is 8.13. The van der Waals surface area contributed by atoms with Crippen molar-refractivity contribution in [3.8, 4) is 0 Å². The molecular weight excluding hydrogens is 855 g/mol. The number of carbonyl (C=O) groups excluding carboxylic acids is 3. The summed E-state index contributed by atoms with van der Waals surface area (Å²) in [4.78, 5) is 87.9. The van der Waals surface area contributed by atoms with Gasteiger partial charge in [0.25, 0.3) is 0 Å². The quantitative estimate of drug-likeness (QED) is 0.0500. The van der Waals surface area contributed by atoms with Gasteiger partial charge in [0, 0.05) is 37.1 Å². The number of nitrogen functional groups attached to an aromatic ring is 1. The highest BCUT2D eigenvalue weighted by Gasteiger charge is 2.50. The Balaban J connectivity index is 1.45. The number of amides is 2. The van der Waals surface area contributed by atoms with E-state index in [-0.39, 0.29) is 41.6 Å². The maximum atomic E-state index is 12.7. The van der Waals surface area contributed by atoms with Crippen LogP contribution >= 0.6 is 35.2 Å². The maximum absolute atomic E-state index is 12.7. The summed E-state index contributed by atoms with van der Waals surface area (Å²) >= 11 is 1.14. The number of hydrogen-bond acceptors (Lipinski definition) is 18. The van der Waals surface area contributed by atoms with Crippen molar-refractivity contribution in [3.05, 3.63) is 12.7 Å². The van der Waals surface area contributed by atoms with E-state index in [2.05, 4.69) is 41.3 Å². The van der Waals surface area contributed by atoms with Crippen molar-refractivity contribution in [1.29, 1.82) is 0 Å². The average molecular weight is 908 g/mol. The monoisotopic (exact) mass is 907 g/mol. The van der Waals surface area contributed by atoms with E-state index in [1.807, 2.05) is 6.92 Å². The van der Waals surface area contributed by atoms with E-state index in [0.717, 1.165) is 54.7 Å². The highest BCUT2D eigenvalue weighted by atomic mass is 32.2. The van der Waals surface area contributed by atoms with Crippen LogP contribution in [0.3, 0.4) is 0 Å². The molecule has 1 saturated heterocycles. The third-order valence-electron chi connectivity index (χ3n) is 8.58.